The maximum Gasteiger partial charge on any atom is 0.330 e. The Morgan fingerprint density at radius 2 is 2.40 bits per heavy atom. The van der Waals surface area contributed by atoms with E-state index in [1.165, 1.54) is 18.3 Å². The number of halogens is 1. The first-order valence-electron chi connectivity index (χ1n) is 4.60. The van der Waals surface area contributed by atoms with Crippen LogP contribution in [0, 0.1) is 12.9 Å². The van der Waals surface area contributed by atoms with Gasteiger partial charge in [0.05, 0.1) is 6.61 Å². The third-order valence-corrected chi connectivity index (χ3v) is 1.73. The van der Waals surface area contributed by atoms with Crippen LogP contribution in [0.1, 0.15) is 18.1 Å². The van der Waals surface area contributed by atoms with Crippen molar-refractivity contribution in [3.8, 4) is 0 Å². The first-order chi connectivity index (χ1) is 7.13. The molecule has 1 heterocycles. The molecule has 0 radical (unpaired) electrons. The van der Waals surface area contributed by atoms with Crippen molar-refractivity contribution < 1.29 is 13.9 Å². The van der Waals surface area contributed by atoms with Gasteiger partial charge in [0, 0.05) is 17.8 Å². The zero-order valence-electron chi connectivity index (χ0n) is 8.66. The molecule has 80 valence electrons. The van der Waals surface area contributed by atoms with E-state index < -0.39 is 11.9 Å². The van der Waals surface area contributed by atoms with Gasteiger partial charge in [0.25, 0.3) is 0 Å². The van der Waals surface area contributed by atoms with Crippen molar-refractivity contribution in [3.05, 3.63) is 35.4 Å². The highest BCUT2D eigenvalue weighted by atomic mass is 19.1. The Morgan fingerprint density at radius 1 is 1.67 bits per heavy atom. The number of aryl methyl sites for hydroxylation is 1. The molecule has 0 aromatic carbocycles. The molecule has 0 N–H and O–H groups in total. The topological polar surface area (TPSA) is 39.2 Å². The van der Waals surface area contributed by atoms with Crippen LogP contribution in [0.5, 0.6) is 0 Å². The van der Waals surface area contributed by atoms with E-state index in [2.05, 4.69) is 4.98 Å². The highest BCUT2D eigenvalue weighted by Crippen LogP contribution is 2.07. The number of nitrogens with zero attached hydrogens (tertiary/aromatic N) is 1. The number of hydrogen-bond acceptors (Lipinski definition) is 3. The Bertz CT molecular complexity index is 388. The van der Waals surface area contributed by atoms with Gasteiger partial charge in [-0.2, -0.15) is 4.39 Å². The molecule has 3 nitrogen and oxygen atoms in total. The van der Waals surface area contributed by atoms with Crippen LogP contribution in [0.3, 0.4) is 0 Å². The number of esters is 1. The second-order valence-corrected chi connectivity index (χ2v) is 2.96. The molecule has 0 aliphatic carbocycles. The van der Waals surface area contributed by atoms with Crippen molar-refractivity contribution in [2.75, 3.05) is 6.61 Å². The molecule has 0 amide bonds. The Morgan fingerprint density at radius 3 is 3.00 bits per heavy atom. The monoisotopic (exact) mass is 209 g/mol. The summed E-state index contributed by atoms with van der Waals surface area (Å²) >= 11 is 0. The van der Waals surface area contributed by atoms with E-state index in [-0.39, 0.29) is 0 Å². The predicted molar refractivity (Wildman–Crippen MR) is 54.6 cm³/mol. The van der Waals surface area contributed by atoms with Crippen LogP contribution in [-0.2, 0) is 9.53 Å². The normalized spacial score (nSPS) is 10.6. The third kappa shape index (κ3) is 3.50. The van der Waals surface area contributed by atoms with Crippen LogP contribution in [-0.4, -0.2) is 17.6 Å². The molecule has 1 aromatic rings. The summed E-state index contributed by atoms with van der Waals surface area (Å²) in [5.41, 5.74) is 1.11. The van der Waals surface area contributed by atoms with E-state index in [0.29, 0.717) is 17.7 Å². The first-order valence-corrected chi connectivity index (χ1v) is 4.60. The van der Waals surface area contributed by atoms with Crippen molar-refractivity contribution in [3.63, 3.8) is 0 Å². The highest BCUT2D eigenvalue weighted by Gasteiger charge is 1.99. The molecule has 0 fully saturated rings. The summed E-state index contributed by atoms with van der Waals surface area (Å²) in [7, 11) is 0. The summed E-state index contributed by atoms with van der Waals surface area (Å²) in [5, 5.41) is 0. The lowest BCUT2D eigenvalue weighted by Crippen LogP contribution is -1.98. The molecule has 0 saturated carbocycles. The highest BCUT2D eigenvalue weighted by molar-refractivity contribution is 5.86. The molecule has 1 rings (SSSR count). The number of aromatic nitrogens is 1. The number of rotatable bonds is 3. The second kappa shape index (κ2) is 5.24. The van der Waals surface area contributed by atoms with Gasteiger partial charge in [-0.25, -0.2) is 9.78 Å². The molecule has 0 unspecified atom stereocenters. The van der Waals surface area contributed by atoms with Crippen molar-refractivity contribution in [2.24, 2.45) is 0 Å². The summed E-state index contributed by atoms with van der Waals surface area (Å²) in [6.45, 7) is 3.68. The van der Waals surface area contributed by atoms with Gasteiger partial charge in [-0.1, -0.05) is 0 Å². The largest absolute Gasteiger partial charge is 0.463 e. The number of carbonyl (C=O) groups is 1. The van der Waals surface area contributed by atoms with Gasteiger partial charge in [-0.3, -0.25) is 0 Å². The number of carbonyl (C=O) groups excluding carboxylic acids is 1. The smallest absolute Gasteiger partial charge is 0.330 e. The van der Waals surface area contributed by atoms with Crippen LogP contribution in [0.15, 0.2) is 18.3 Å². The van der Waals surface area contributed by atoms with E-state index in [0.717, 1.165) is 0 Å². The van der Waals surface area contributed by atoms with Gasteiger partial charge in [0.2, 0.25) is 5.95 Å². The van der Waals surface area contributed by atoms with Crippen LogP contribution < -0.4 is 0 Å². The Labute approximate surface area is 87.6 Å². The van der Waals surface area contributed by atoms with Gasteiger partial charge < -0.3 is 4.74 Å². The van der Waals surface area contributed by atoms with Gasteiger partial charge in [0.15, 0.2) is 0 Å². The number of ether oxygens (including phenoxy) is 1. The van der Waals surface area contributed by atoms with Gasteiger partial charge in [0.1, 0.15) is 0 Å². The van der Waals surface area contributed by atoms with Crippen molar-refractivity contribution in [2.45, 2.75) is 13.8 Å². The average Bonchev–Trinajstić information content (AvgIpc) is 2.20. The lowest BCUT2D eigenvalue weighted by atomic mass is 10.2. The van der Waals surface area contributed by atoms with Crippen LogP contribution in [0.4, 0.5) is 4.39 Å². The van der Waals surface area contributed by atoms with Crippen molar-refractivity contribution in [1.82, 2.24) is 4.98 Å². The van der Waals surface area contributed by atoms with E-state index in [1.54, 1.807) is 19.9 Å². The maximum absolute atomic E-state index is 12.8. The molecule has 0 atom stereocenters. The average molecular weight is 209 g/mol. The summed E-state index contributed by atoms with van der Waals surface area (Å²) < 4.78 is 17.5. The lowest BCUT2D eigenvalue weighted by Gasteiger charge is -1.97. The summed E-state index contributed by atoms with van der Waals surface area (Å²) in [6.07, 6.45) is 4.19. The number of pyridine rings is 1. The summed E-state index contributed by atoms with van der Waals surface area (Å²) in [6, 6.07) is 1.61. The van der Waals surface area contributed by atoms with E-state index >= 15 is 0 Å². The van der Waals surface area contributed by atoms with Crippen LogP contribution in [0.25, 0.3) is 6.08 Å². The number of hydrogen-bond donors (Lipinski definition) is 0. The summed E-state index contributed by atoms with van der Waals surface area (Å²) in [5.74, 6) is -0.914. The molecule has 0 spiro atoms. The van der Waals surface area contributed by atoms with Crippen molar-refractivity contribution >= 4 is 12.0 Å². The van der Waals surface area contributed by atoms with E-state index in [4.69, 9.17) is 4.74 Å². The van der Waals surface area contributed by atoms with Gasteiger partial charge in [-0.15, -0.1) is 0 Å². The lowest BCUT2D eigenvalue weighted by molar-refractivity contribution is -0.137. The van der Waals surface area contributed by atoms with Crippen LogP contribution >= 0.6 is 0 Å². The summed E-state index contributed by atoms with van der Waals surface area (Å²) in [4.78, 5) is 14.5. The van der Waals surface area contributed by atoms with E-state index in [1.807, 2.05) is 0 Å². The Hall–Kier alpha value is -1.71. The van der Waals surface area contributed by atoms with Gasteiger partial charge >= 0.3 is 5.97 Å². The van der Waals surface area contributed by atoms with E-state index in [9.17, 15) is 9.18 Å². The molecule has 15 heavy (non-hydrogen) atoms. The molecule has 0 bridgehead atoms. The fourth-order valence-corrected chi connectivity index (χ4v) is 1.03. The molecule has 4 heteroatoms. The standard InChI is InChI=1S/C11H12FNO2/c1-3-15-10(14)5-4-9-6-8(2)11(12)13-7-9/h4-7H,3H2,1-2H3. The minimum Gasteiger partial charge on any atom is -0.463 e. The Balaban J connectivity index is 2.72. The third-order valence-electron chi connectivity index (χ3n) is 1.73. The SMILES string of the molecule is CCOC(=O)C=Cc1cnc(F)c(C)c1. The Kier molecular flexibility index (Phi) is 3.97. The zero-order chi connectivity index (χ0) is 11.3. The molecular formula is C11H12FNO2. The molecule has 1 aromatic heterocycles. The fraction of sp³-hybridized carbons (Fsp3) is 0.273. The molecular weight excluding hydrogens is 197 g/mol. The zero-order valence-corrected chi connectivity index (χ0v) is 8.66. The maximum atomic E-state index is 12.8. The molecule has 0 saturated heterocycles. The molecule has 0 aliphatic heterocycles. The quantitative estimate of drug-likeness (QED) is 0.435. The first kappa shape index (κ1) is 11.4. The molecule has 0 aliphatic rings. The minimum atomic E-state index is -0.497. The predicted octanol–water partition coefficient (Wildman–Crippen LogP) is 2.11. The van der Waals surface area contributed by atoms with Crippen molar-refractivity contribution in [1.29, 1.82) is 0 Å². The minimum absolute atomic E-state index is 0.337. The fourth-order valence-electron chi connectivity index (χ4n) is 1.03. The van der Waals surface area contributed by atoms with Crippen LogP contribution in [0.2, 0.25) is 0 Å². The van der Waals surface area contributed by atoms with Gasteiger partial charge in [-0.05, 0) is 31.6 Å². The second-order valence-electron chi connectivity index (χ2n) is 2.96.